The molecule has 3 aromatic carbocycles. The zero-order valence-electron chi connectivity index (χ0n) is 14.4. The molecular formula is C21H15F3N2O2. The van der Waals surface area contributed by atoms with Crippen LogP contribution in [0.1, 0.15) is 27.7 Å². The number of halogens is 3. The van der Waals surface area contributed by atoms with Gasteiger partial charge in [0.25, 0.3) is 5.91 Å². The van der Waals surface area contributed by atoms with E-state index in [2.05, 4.69) is 5.32 Å². The molecule has 0 aromatic heterocycles. The summed E-state index contributed by atoms with van der Waals surface area (Å²) in [6.07, 6.45) is -5.13. The topological polar surface area (TPSA) is 52.6 Å². The molecule has 0 spiro atoms. The molecule has 0 saturated carbocycles. The van der Waals surface area contributed by atoms with Gasteiger partial charge < -0.3 is 10.4 Å². The molecule has 0 radical (unpaired) electrons. The van der Waals surface area contributed by atoms with Gasteiger partial charge in [0.2, 0.25) is 0 Å². The molecule has 0 fully saturated rings. The normalized spacial score (nSPS) is 16.5. The first-order valence-electron chi connectivity index (χ1n) is 8.50. The Morgan fingerprint density at radius 2 is 1.54 bits per heavy atom. The third-order valence-corrected chi connectivity index (χ3v) is 4.61. The second-order valence-electron chi connectivity index (χ2n) is 6.40. The number of fused-ring (bicyclic) bond motifs is 1. The van der Waals surface area contributed by atoms with E-state index in [-0.39, 0.29) is 11.7 Å². The lowest BCUT2D eigenvalue weighted by molar-refractivity contribution is -0.137. The molecule has 1 heterocycles. The van der Waals surface area contributed by atoms with Crippen LogP contribution in [0.5, 0.6) is 5.75 Å². The molecule has 4 rings (SSSR count). The van der Waals surface area contributed by atoms with Crippen LogP contribution in [0.3, 0.4) is 0 Å². The molecule has 142 valence electrons. The largest absolute Gasteiger partial charge is 0.508 e. The van der Waals surface area contributed by atoms with Crippen molar-refractivity contribution in [1.82, 2.24) is 0 Å². The first-order valence-corrected chi connectivity index (χ1v) is 8.50. The van der Waals surface area contributed by atoms with Gasteiger partial charge in [-0.2, -0.15) is 13.2 Å². The van der Waals surface area contributed by atoms with Crippen molar-refractivity contribution < 1.29 is 23.1 Å². The van der Waals surface area contributed by atoms with E-state index in [1.807, 2.05) is 0 Å². The van der Waals surface area contributed by atoms with E-state index in [0.29, 0.717) is 22.5 Å². The molecule has 1 unspecified atom stereocenters. The minimum Gasteiger partial charge on any atom is -0.508 e. The molecule has 28 heavy (non-hydrogen) atoms. The highest BCUT2D eigenvalue weighted by molar-refractivity contribution is 6.12. The summed E-state index contributed by atoms with van der Waals surface area (Å²) in [6.45, 7) is 0. The van der Waals surface area contributed by atoms with Crippen molar-refractivity contribution in [2.45, 2.75) is 12.3 Å². The zero-order chi connectivity index (χ0) is 19.9. The lowest BCUT2D eigenvalue weighted by Gasteiger charge is -2.38. The number of nitrogens with zero attached hydrogens (tertiary/aromatic N) is 1. The minimum atomic E-state index is -4.43. The third-order valence-electron chi connectivity index (χ3n) is 4.61. The van der Waals surface area contributed by atoms with Gasteiger partial charge in [0.05, 0.1) is 11.1 Å². The van der Waals surface area contributed by atoms with E-state index in [4.69, 9.17) is 0 Å². The van der Waals surface area contributed by atoms with Crippen LogP contribution in [0.25, 0.3) is 0 Å². The van der Waals surface area contributed by atoms with Crippen LogP contribution in [-0.4, -0.2) is 11.0 Å². The van der Waals surface area contributed by atoms with Crippen molar-refractivity contribution in [3.8, 4) is 5.75 Å². The van der Waals surface area contributed by atoms with Gasteiger partial charge in [-0.15, -0.1) is 0 Å². The van der Waals surface area contributed by atoms with E-state index in [1.54, 1.807) is 36.4 Å². The second kappa shape index (κ2) is 6.60. The van der Waals surface area contributed by atoms with Crippen molar-refractivity contribution in [1.29, 1.82) is 0 Å². The summed E-state index contributed by atoms with van der Waals surface area (Å²) in [5.74, 6) is -0.238. The number of alkyl halides is 3. The molecule has 0 bridgehead atoms. The number of nitrogens with one attached hydrogen (secondary N) is 1. The van der Waals surface area contributed by atoms with Crippen molar-refractivity contribution >= 4 is 17.3 Å². The van der Waals surface area contributed by atoms with E-state index < -0.39 is 17.9 Å². The highest BCUT2D eigenvalue weighted by Gasteiger charge is 2.35. The molecule has 7 heteroatoms. The predicted molar refractivity (Wildman–Crippen MR) is 99.2 cm³/mol. The average Bonchev–Trinajstić information content (AvgIpc) is 2.68. The molecule has 1 atom stereocenters. The quantitative estimate of drug-likeness (QED) is 0.640. The SMILES string of the molecule is O=C1c2ccccc2NC(c2ccc(C(F)(F)F)cc2)N1c1ccc(O)cc1. The summed E-state index contributed by atoms with van der Waals surface area (Å²) >= 11 is 0. The van der Waals surface area contributed by atoms with Crippen molar-refractivity contribution in [2.75, 3.05) is 10.2 Å². The van der Waals surface area contributed by atoms with Crippen molar-refractivity contribution in [2.24, 2.45) is 0 Å². The maximum Gasteiger partial charge on any atom is 0.416 e. The van der Waals surface area contributed by atoms with Crippen molar-refractivity contribution in [3.63, 3.8) is 0 Å². The van der Waals surface area contributed by atoms with Crippen LogP contribution in [-0.2, 0) is 6.18 Å². The number of hydrogen-bond donors (Lipinski definition) is 2. The molecular weight excluding hydrogens is 369 g/mol. The van der Waals surface area contributed by atoms with Gasteiger partial charge in [0.1, 0.15) is 11.9 Å². The molecule has 4 nitrogen and oxygen atoms in total. The Hall–Kier alpha value is -3.48. The maximum absolute atomic E-state index is 13.2. The first kappa shape index (κ1) is 17.9. The number of phenolic OH excluding ortho intramolecular Hbond substituents is 1. The van der Waals surface area contributed by atoms with Crippen LogP contribution in [0.15, 0.2) is 72.8 Å². The summed E-state index contributed by atoms with van der Waals surface area (Å²) in [5.41, 5.74) is 1.32. The monoisotopic (exact) mass is 384 g/mol. The smallest absolute Gasteiger partial charge is 0.416 e. The second-order valence-corrected chi connectivity index (χ2v) is 6.40. The Bertz CT molecular complexity index is 1020. The Labute approximate surface area is 158 Å². The first-order chi connectivity index (χ1) is 13.3. The highest BCUT2D eigenvalue weighted by Crippen LogP contribution is 2.38. The van der Waals surface area contributed by atoms with Gasteiger partial charge in [-0.05, 0) is 54.1 Å². The standard InChI is InChI=1S/C21H15F3N2O2/c22-21(23,24)14-7-5-13(6-8-14)19-25-18-4-2-1-3-17(18)20(28)26(19)15-9-11-16(27)12-10-15/h1-12,19,25,27H. The number of aromatic hydroxyl groups is 1. The summed E-state index contributed by atoms with van der Waals surface area (Å²) in [6, 6.07) is 17.7. The third kappa shape index (κ3) is 3.15. The van der Waals surface area contributed by atoms with Gasteiger partial charge in [-0.1, -0.05) is 24.3 Å². The zero-order valence-corrected chi connectivity index (χ0v) is 14.4. The number of benzene rings is 3. The van der Waals surface area contributed by atoms with Crippen LogP contribution in [0.2, 0.25) is 0 Å². The van der Waals surface area contributed by atoms with E-state index >= 15 is 0 Å². The van der Waals surface area contributed by atoms with Gasteiger partial charge in [-0.25, -0.2) is 0 Å². The predicted octanol–water partition coefficient (Wildman–Crippen LogP) is 5.18. The van der Waals surface area contributed by atoms with Crippen LogP contribution >= 0.6 is 0 Å². The van der Waals surface area contributed by atoms with Gasteiger partial charge in [0.15, 0.2) is 0 Å². The Morgan fingerprint density at radius 3 is 2.18 bits per heavy atom. The number of rotatable bonds is 2. The lowest BCUT2D eigenvalue weighted by atomic mass is 10.0. The molecule has 1 amide bonds. The minimum absolute atomic E-state index is 0.0487. The van der Waals surface area contributed by atoms with Gasteiger partial charge in [0, 0.05) is 11.4 Å². The summed E-state index contributed by atoms with van der Waals surface area (Å²) < 4.78 is 38.7. The number of hydrogen-bond acceptors (Lipinski definition) is 3. The molecule has 2 N–H and O–H groups in total. The average molecular weight is 384 g/mol. The Morgan fingerprint density at radius 1 is 0.893 bits per heavy atom. The van der Waals surface area contributed by atoms with Crippen LogP contribution in [0, 0.1) is 0 Å². The van der Waals surface area contributed by atoms with E-state index in [9.17, 15) is 23.1 Å². The van der Waals surface area contributed by atoms with Crippen LogP contribution in [0.4, 0.5) is 24.5 Å². The van der Waals surface area contributed by atoms with E-state index in [0.717, 1.165) is 12.1 Å². The molecule has 1 aliphatic heterocycles. The lowest BCUT2D eigenvalue weighted by Crippen LogP contribution is -2.43. The van der Waals surface area contributed by atoms with E-state index in [1.165, 1.54) is 29.2 Å². The molecule has 0 aliphatic carbocycles. The summed E-state index contributed by atoms with van der Waals surface area (Å²) in [5, 5.41) is 12.8. The number of para-hydroxylation sites is 1. The molecule has 0 saturated heterocycles. The summed E-state index contributed by atoms with van der Waals surface area (Å²) in [7, 11) is 0. The Balaban J connectivity index is 1.80. The molecule has 1 aliphatic rings. The van der Waals surface area contributed by atoms with Gasteiger partial charge in [-0.3, -0.25) is 9.69 Å². The number of carbonyl (C=O) groups excluding carboxylic acids is 1. The van der Waals surface area contributed by atoms with Gasteiger partial charge >= 0.3 is 6.18 Å². The fourth-order valence-corrected chi connectivity index (χ4v) is 3.22. The number of amides is 1. The van der Waals surface area contributed by atoms with Crippen LogP contribution < -0.4 is 10.2 Å². The van der Waals surface area contributed by atoms with Crippen molar-refractivity contribution in [3.05, 3.63) is 89.5 Å². The number of anilines is 2. The molecule has 3 aromatic rings. The maximum atomic E-state index is 13.2. The summed E-state index contributed by atoms with van der Waals surface area (Å²) in [4.78, 5) is 14.6. The Kier molecular flexibility index (Phi) is 4.22. The number of carbonyl (C=O) groups is 1. The number of phenols is 1. The fraction of sp³-hybridized carbons (Fsp3) is 0.0952. The highest BCUT2D eigenvalue weighted by atomic mass is 19.4. The fourth-order valence-electron chi connectivity index (χ4n) is 3.22.